The van der Waals surface area contributed by atoms with Crippen LogP contribution in [-0.4, -0.2) is 52.0 Å². The van der Waals surface area contributed by atoms with Gasteiger partial charge in [-0.3, -0.25) is 4.90 Å². The first-order valence-electron chi connectivity index (χ1n) is 5.62. The van der Waals surface area contributed by atoms with Gasteiger partial charge in [0.05, 0.1) is 12.6 Å². The Balaban J connectivity index is 2.00. The minimum atomic E-state index is -0.316. The van der Waals surface area contributed by atoms with Crippen LogP contribution in [0.2, 0.25) is 0 Å². The number of hydrogen-bond donors (Lipinski definition) is 2. The number of likely N-dealkylation sites (N-methyl/N-ethyl adjacent to an activating group) is 1. The van der Waals surface area contributed by atoms with Crippen molar-refractivity contribution in [1.29, 1.82) is 0 Å². The van der Waals surface area contributed by atoms with Gasteiger partial charge in [-0.1, -0.05) is 6.92 Å². The van der Waals surface area contributed by atoms with Crippen LogP contribution in [0.3, 0.4) is 0 Å². The average molecular weight is 226 g/mol. The van der Waals surface area contributed by atoms with Gasteiger partial charge >= 0.3 is 0 Å². The highest BCUT2D eigenvalue weighted by Crippen LogP contribution is 2.12. The number of β-amino-alcohol motifs (C(OH)–C–C–N with tert-alkyl or cyclic N) is 1. The van der Waals surface area contributed by atoms with Gasteiger partial charge in [0.15, 0.2) is 0 Å². The number of aliphatic hydroxyl groups is 1. The molecule has 1 aromatic rings. The zero-order chi connectivity index (χ0) is 11.5. The number of rotatable bonds is 4. The lowest BCUT2D eigenvalue weighted by atomic mass is 10.2. The molecule has 2 rings (SSSR count). The van der Waals surface area contributed by atoms with E-state index in [9.17, 15) is 5.11 Å². The van der Waals surface area contributed by atoms with Gasteiger partial charge < -0.3 is 14.8 Å². The van der Waals surface area contributed by atoms with Crippen molar-refractivity contribution in [2.24, 2.45) is 0 Å². The Morgan fingerprint density at radius 2 is 2.31 bits per heavy atom. The van der Waals surface area contributed by atoms with E-state index in [2.05, 4.69) is 27.3 Å². The van der Waals surface area contributed by atoms with Crippen LogP contribution < -0.4 is 5.32 Å². The van der Waals surface area contributed by atoms with Crippen LogP contribution >= 0.6 is 0 Å². The van der Waals surface area contributed by atoms with Gasteiger partial charge in [0.2, 0.25) is 11.8 Å². The van der Waals surface area contributed by atoms with E-state index in [-0.39, 0.29) is 12.1 Å². The van der Waals surface area contributed by atoms with Crippen molar-refractivity contribution < 1.29 is 9.52 Å². The minimum absolute atomic E-state index is 0.136. The summed E-state index contributed by atoms with van der Waals surface area (Å²) in [6.07, 6.45) is -0.316. The number of aryl methyl sites for hydroxylation is 1. The van der Waals surface area contributed by atoms with E-state index < -0.39 is 0 Å². The highest BCUT2D eigenvalue weighted by molar-refractivity contribution is 4.90. The third kappa shape index (κ3) is 2.40. The normalized spacial score (nSPS) is 25.5. The fourth-order valence-corrected chi connectivity index (χ4v) is 2.06. The Labute approximate surface area is 94.7 Å². The summed E-state index contributed by atoms with van der Waals surface area (Å²) in [7, 11) is 0. The molecule has 0 bridgehead atoms. The molecule has 6 heteroatoms. The molecule has 2 atom stereocenters. The standard InChI is InChI=1S/C10H18N4O2/c1-3-14(8-4-11-5-9(8)15)6-10-13-12-7(2)16-10/h8-9,11,15H,3-6H2,1-2H3/t8-,9-/m1/s1. The Morgan fingerprint density at radius 1 is 1.50 bits per heavy atom. The van der Waals surface area contributed by atoms with E-state index in [0.29, 0.717) is 24.9 Å². The minimum Gasteiger partial charge on any atom is -0.424 e. The van der Waals surface area contributed by atoms with Gasteiger partial charge in [-0.25, -0.2) is 0 Å². The molecular weight excluding hydrogens is 208 g/mol. The fourth-order valence-electron chi connectivity index (χ4n) is 2.06. The maximum Gasteiger partial charge on any atom is 0.230 e. The van der Waals surface area contributed by atoms with Crippen LogP contribution in [0.15, 0.2) is 4.42 Å². The molecule has 0 aromatic carbocycles. The zero-order valence-corrected chi connectivity index (χ0v) is 9.68. The highest BCUT2D eigenvalue weighted by atomic mass is 16.4. The van der Waals surface area contributed by atoms with Crippen molar-refractivity contribution in [1.82, 2.24) is 20.4 Å². The lowest BCUT2D eigenvalue weighted by Crippen LogP contribution is -2.42. The Kier molecular flexibility index (Phi) is 3.52. The largest absolute Gasteiger partial charge is 0.424 e. The Bertz CT molecular complexity index is 341. The van der Waals surface area contributed by atoms with Gasteiger partial charge in [-0.05, 0) is 6.54 Å². The molecule has 0 amide bonds. The molecular formula is C10H18N4O2. The van der Waals surface area contributed by atoms with Crippen LogP contribution in [0.4, 0.5) is 0 Å². The number of aromatic nitrogens is 2. The molecule has 1 fully saturated rings. The molecule has 1 aliphatic heterocycles. The fraction of sp³-hybridized carbons (Fsp3) is 0.800. The third-order valence-electron chi connectivity index (χ3n) is 2.93. The molecule has 6 nitrogen and oxygen atoms in total. The second-order valence-corrected chi connectivity index (χ2v) is 4.07. The second-order valence-electron chi connectivity index (χ2n) is 4.07. The molecule has 0 saturated carbocycles. The van der Waals surface area contributed by atoms with Gasteiger partial charge in [0, 0.05) is 26.1 Å². The van der Waals surface area contributed by atoms with Crippen LogP contribution in [0.1, 0.15) is 18.7 Å². The van der Waals surface area contributed by atoms with Crippen LogP contribution in [-0.2, 0) is 6.54 Å². The van der Waals surface area contributed by atoms with Gasteiger partial charge in [0.25, 0.3) is 0 Å². The topological polar surface area (TPSA) is 74.4 Å². The monoisotopic (exact) mass is 226 g/mol. The summed E-state index contributed by atoms with van der Waals surface area (Å²) in [5, 5.41) is 20.7. The van der Waals surface area contributed by atoms with Crippen molar-refractivity contribution >= 4 is 0 Å². The van der Waals surface area contributed by atoms with E-state index in [1.165, 1.54) is 0 Å². The molecule has 0 aliphatic carbocycles. The SMILES string of the molecule is CCN(Cc1nnc(C)o1)[C@@H]1CNC[C@H]1O. The third-order valence-corrected chi connectivity index (χ3v) is 2.93. The average Bonchev–Trinajstić information content (AvgIpc) is 2.84. The molecule has 90 valence electrons. The van der Waals surface area contributed by atoms with Gasteiger partial charge in [0.1, 0.15) is 0 Å². The van der Waals surface area contributed by atoms with Crippen molar-refractivity contribution in [3.8, 4) is 0 Å². The summed E-state index contributed by atoms with van der Waals surface area (Å²) >= 11 is 0. The van der Waals surface area contributed by atoms with E-state index in [4.69, 9.17) is 4.42 Å². The first kappa shape index (κ1) is 11.5. The van der Waals surface area contributed by atoms with Crippen LogP contribution in [0.25, 0.3) is 0 Å². The lowest BCUT2D eigenvalue weighted by molar-refractivity contribution is 0.0761. The maximum absolute atomic E-state index is 9.80. The Morgan fingerprint density at radius 3 is 2.81 bits per heavy atom. The smallest absolute Gasteiger partial charge is 0.230 e. The second kappa shape index (κ2) is 4.90. The predicted molar refractivity (Wildman–Crippen MR) is 57.8 cm³/mol. The lowest BCUT2D eigenvalue weighted by Gasteiger charge is -2.27. The first-order valence-corrected chi connectivity index (χ1v) is 5.62. The summed E-state index contributed by atoms with van der Waals surface area (Å²) in [5.74, 6) is 1.19. The van der Waals surface area contributed by atoms with Crippen molar-refractivity contribution in [2.45, 2.75) is 32.5 Å². The molecule has 0 unspecified atom stereocenters. The quantitative estimate of drug-likeness (QED) is 0.723. The maximum atomic E-state index is 9.80. The number of nitrogens with one attached hydrogen (secondary N) is 1. The predicted octanol–water partition coefficient (Wildman–Crippen LogP) is -0.467. The Hall–Kier alpha value is -0.980. The van der Waals surface area contributed by atoms with Crippen LogP contribution in [0.5, 0.6) is 0 Å². The summed E-state index contributed by atoms with van der Waals surface area (Å²) < 4.78 is 5.34. The van der Waals surface area contributed by atoms with Gasteiger partial charge in [-0.15, -0.1) is 10.2 Å². The summed E-state index contributed by atoms with van der Waals surface area (Å²) in [4.78, 5) is 2.15. The summed E-state index contributed by atoms with van der Waals surface area (Å²) in [5.41, 5.74) is 0. The van der Waals surface area contributed by atoms with Crippen molar-refractivity contribution in [3.05, 3.63) is 11.8 Å². The van der Waals surface area contributed by atoms with Crippen molar-refractivity contribution in [2.75, 3.05) is 19.6 Å². The molecule has 0 spiro atoms. The van der Waals surface area contributed by atoms with E-state index in [1.54, 1.807) is 6.92 Å². The summed E-state index contributed by atoms with van der Waals surface area (Å²) in [6.45, 7) is 6.75. The number of aliphatic hydroxyl groups excluding tert-OH is 1. The van der Waals surface area contributed by atoms with E-state index in [1.807, 2.05) is 0 Å². The first-order chi connectivity index (χ1) is 7.70. The van der Waals surface area contributed by atoms with Gasteiger partial charge in [-0.2, -0.15) is 0 Å². The van der Waals surface area contributed by atoms with E-state index in [0.717, 1.165) is 13.1 Å². The zero-order valence-electron chi connectivity index (χ0n) is 9.68. The molecule has 16 heavy (non-hydrogen) atoms. The molecule has 2 heterocycles. The number of hydrogen-bond acceptors (Lipinski definition) is 6. The molecule has 0 radical (unpaired) electrons. The summed E-state index contributed by atoms with van der Waals surface area (Å²) in [6, 6.07) is 0.136. The molecule has 1 aliphatic rings. The van der Waals surface area contributed by atoms with E-state index >= 15 is 0 Å². The molecule has 2 N–H and O–H groups in total. The van der Waals surface area contributed by atoms with Crippen molar-refractivity contribution in [3.63, 3.8) is 0 Å². The number of nitrogens with zero attached hydrogens (tertiary/aromatic N) is 3. The molecule has 1 aromatic heterocycles. The van der Waals surface area contributed by atoms with Crippen LogP contribution in [0, 0.1) is 6.92 Å². The molecule has 1 saturated heterocycles. The highest BCUT2D eigenvalue weighted by Gasteiger charge is 2.30.